The van der Waals surface area contributed by atoms with Crippen molar-refractivity contribution in [2.45, 2.75) is 32.7 Å². The van der Waals surface area contributed by atoms with Gasteiger partial charge in [-0.15, -0.1) is 0 Å². The minimum atomic E-state index is -0.0738. The number of hydrogen-bond donors (Lipinski definition) is 1. The van der Waals surface area contributed by atoms with Gasteiger partial charge in [-0.05, 0) is 35.7 Å². The fraction of sp³-hybridized carbons (Fsp3) is 0.350. The average molecular weight is 362 g/mol. The van der Waals surface area contributed by atoms with Gasteiger partial charge in [0.05, 0.1) is 20.1 Å². The summed E-state index contributed by atoms with van der Waals surface area (Å²) in [7, 11) is 1.61. The van der Waals surface area contributed by atoms with Crippen molar-refractivity contribution in [1.82, 2.24) is 5.32 Å². The lowest BCUT2D eigenvalue weighted by Crippen LogP contribution is -2.24. The Balaban J connectivity index is 1.91. The van der Waals surface area contributed by atoms with Crippen LogP contribution in [-0.4, -0.2) is 19.6 Å². The van der Waals surface area contributed by atoms with Crippen LogP contribution < -0.4 is 14.8 Å². The van der Waals surface area contributed by atoms with E-state index in [4.69, 9.17) is 21.1 Å². The molecule has 2 rings (SSSR count). The second kappa shape index (κ2) is 9.94. The summed E-state index contributed by atoms with van der Waals surface area (Å²) in [5, 5.41) is 3.51. The van der Waals surface area contributed by atoms with E-state index in [1.54, 1.807) is 13.2 Å². The third kappa shape index (κ3) is 5.98. The van der Waals surface area contributed by atoms with E-state index in [1.165, 1.54) is 0 Å². The number of nitrogens with one attached hydrogen (secondary N) is 1. The van der Waals surface area contributed by atoms with Crippen LogP contribution >= 0.6 is 11.6 Å². The van der Waals surface area contributed by atoms with E-state index >= 15 is 0 Å². The average Bonchev–Trinajstić information content (AvgIpc) is 2.62. The number of rotatable bonds is 9. The normalized spacial score (nSPS) is 10.4. The standard InChI is InChI=1S/C20H24ClNO3/c1-3-4-11-25-18-10-9-15(12-19(18)24-2)14-22-20(23)13-16-7-5-6-8-17(16)21/h5-10,12H,3-4,11,13-14H2,1-2H3,(H,22,23). The molecule has 5 heteroatoms. The summed E-state index contributed by atoms with van der Waals surface area (Å²) in [5.74, 6) is 1.33. The largest absolute Gasteiger partial charge is 0.493 e. The molecule has 1 amide bonds. The number of carbonyl (C=O) groups excluding carboxylic acids is 1. The van der Waals surface area contributed by atoms with Crippen molar-refractivity contribution >= 4 is 17.5 Å². The van der Waals surface area contributed by atoms with Crippen molar-refractivity contribution < 1.29 is 14.3 Å². The molecule has 0 fully saturated rings. The first-order chi connectivity index (χ1) is 12.1. The number of unbranched alkanes of at least 4 members (excludes halogenated alkanes) is 1. The molecule has 1 N–H and O–H groups in total. The predicted molar refractivity (Wildman–Crippen MR) is 100 cm³/mol. The summed E-state index contributed by atoms with van der Waals surface area (Å²) in [6, 6.07) is 13.1. The highest BCUT2D eigenvalue weighted by Crippen LogP contribution is 2.28. The highest BCUT2D eigenvalue weighted by Gasteiger charge is 2.09. The summed E-state index contributed by atoms with van der Waals surface area (Å²) >= 11 is 6.08. The lowest BCUT2D eigenvalue weighted by Gasteiger charge is -2.12. The summed E-state index contributed by atoms with van der Waals surface area (Å²) in [6.45, 7) is 3.21. The van der Waals surface area contributed by atoms with Gasteiger partial charge in [-0.3, -0.25) is 4.79 Å². The maximum atomic E-state index is 12.1. The lowest BCUT2D eigenvalue weighted by atomic mass is 10.1. The first-order valence-electron chi connectivity index (χ1n) is 8.43. The van der Waals surface area contributed by atoms with Crippen LogP contribution in [0.2, 0.25) is 5.02 Å². The molecule has 0 aliphatic carbocycles. The molecule has 0 bridgehead atoms. The summed E-state index contributed by atoms with van der Waals surface area (Å²) in [6.07, 6.45) is 2.34. The second-order valence-corrected chi connectivity index (χ2v) is 6.14. The Morgan fingerprint density at radius 3 is 2.68 bits per heavy atom. The topological polar surface area (TPSA) is 47.6 Å². The summed E-state index contributed by atoms with van der Waals surface area (Å²) in [4.78, 5) is 12.1. The number of ether oxygens (including phenoxy) is 2. The smallest absolute Gasteiger partial charge is 0.224 e. The fourth-order valence-corrected chi connectivity index (χ4v) is 2.55. The molecular formula is C20H24ClNO3. The Bertz CT molecular complexity index is 703. The van der Waals surface area contributed by atoms with Crippen LogP contribution in [-0.2, 0) is 17.8 Å². The zero-order valence-corrected chi connectivity index (χ0v) is 15.4. The van der Waals surface area contributed by atoms with Crippen LogP contribution in [0.4, 0.5) is 0 Å². The van der Waals surface area contributed by atoms with Gasteiger partial charge in [0, 0.05) is 11.6 Å². The molecule has 2 aromatic rings. The molecule has 0 radical (unpaired) electrons. The van der Waals surface area contributed by atoms with Gasteiger partial charge in [-0.1, -0.05) is 49.2 Å². The van der Waals surface area contributed by atoms with Crippen molar-refractivity contribution in [1.29, 1.82) is 0 Å². The van der Waals surface area contributed by atoms with Gasteiger partial charge in [0.1, 0.15) is 0 Å². The zero-order valence-electron chi connectivity index (χ0n) is 14.7. The predicted octanol–water partition coefficient (Wildman–Crippen LogP) is 4.39. The molecule has 0 aliphatic rings. The van der Waals surface area contributed by atoms with E-state index < -0.39 is 0 Å². The maximum Gasteiger partial charge on any atom is 0.224 e. The van der Waals surface area contributed by atoms with Gasteiger partial charge in [0.2, 0.25) is 5.91 Å². The second-order valence-electron chi connectivity index (χ2n) is 5.73. The zero-order chi connectivity index (χ0) is 18.1. The van der Waals surface area contributed by atoms with E-state index in [-0.39, 0.29) is 12.3 Å². The van der Waals surface area contributed by atoms with Crippen LogP contribution in [0.3, 0.4) is 0 Å². The molecule has 25 heavy (non-hydrogen) atoms. The molecule has 0 saturated carbocycles. The highest BCUT2D eigenvalue weighted by molar-refractivity contribution is 6.31. The van der Waals surface area contributed by atoms with Gasteiger partial charge < -0.3 is 14.8 Å². The first-order valence-corrected chi connectivity index (χ1v) is 8.81. The molecule has 0 aromatic heterocycles. The monoisotopic (exact) mass is 361 g/mol. The number of carbonyl (C=O) groups is 1. The number of halogens is 1. The molecule has 0 saturated heterocycles. The molecule has 2 aromatic carbocycles. The van der Waals surface area contributed by atoms with E-state index in [2.05, 4.69) is 12.2 Å². The molecule has 0 atom stereocenters. The fourth-order valence-electron chi connectivity index (χ4n) is 2.35. The Labute approximate surface area is 154 Å². The highest BCUT2D eigenvalue weighted by atomic mass is 35.5. The Morgan fingerprint density at radius 1 is 1.16 bits per heavy atom. The van der Waals surface area contributed by atoms with Crippen LogP contribution in [0.15, 0.2) is 42.5 Å². The van der Waals surface area contributed by atoms with Gasteiger partial charge in [-0.2, -0.15) is 0 Å². The van der Waals surface area contributed by atoms with Gasteiger partial charge in [0.25, 0.3) is 0 Å². The van der Waals surface area contributed by atoms with E-state index in [0.717, 1.165) is 29.7 Å². The van der Waals surface area contributed by atoms with Crippen molar-refractivity contribution in [3.05, 3.63) is 58.6 Å². The molecule has 0 heterocycles. The molecule has 4 nitrogen and oxygen atoms in total. The van der Waals surface area contributed by atoms with Crippen LogP contribution in [0.5, 0.6) is 11.5 Å². The van der Waals surface area contributed by atoms with Crippen molar-refractivity contribution in [3.8, 4) is 11.5 Å². The van der Waals surface area contributed by atoms with Crippen molar-refractivity contribution in [2.75, 3.05) is 13.7 Å². The quantitative estimate of drug-likeness (QED) is 0.674. The number of benzene rings is 2. The molecule has 0 spiro atoms. The maximum absolute atomic E-state index is 12.1. The van der Waals surface area contributed by atoms with E-state index in [9.17, 15) is 4.79 Å². The van der Waals surface area contributed by atoms with Crippen LogP contribution in [0.25, 0.3) is 0 Å². The molecule has 0 unspecified atom stereocenters. The van der Waals surface area contributed by atoms with Gasteiger partial charge >= 0.3 is 0 Å². The third-order valence-electron chi connectivity index (χ3n) is 3.78. The summed E-state index contributed by atoms with van der Waals surface area (Å²) in [5.41, 5.74) is 1.77. The number of methoxy groups -OCH3 is 1. The lowest BCUT2D eigenvalue weighted by molar-refractivity contribution is -0.120. The third-order valence-corrected chi connectivity index (χ3v) is 4.15. The molecule has 134 valence electrons. The van der Waals surface area contributed by atoms with Gasteiger partial charge in [-0.25, -0.2) is 0 Å². The van der Waals surface area contributed by atoms with E-state index in [0.29, 0.717) is 23.9 Å². The van der Waals surface area contributed by atoms with Crippen LogP contribution in [0.1, 0.15) is 30.9 Å². The van der Waals surface area contributed by atoms with E-state index in [1.807, 2.05) is 36.4 Å². The first kappa shape index (κ1) is 19.1. The van der Waals surface area contributed by atoms with Crippen molar-refractivity contribution in [2.24, 2.45) is 0 Å². The Morgan fingerprint density at radius 2 is 1.96 bits per heavy atom. The number of hydrogen-bond acceptors (Lipinski definition) is 3. The van der Waals surface area contributed by atoms with Crippen molar-refractivity contribution in [3.63, 3.8) is 0 Å². The molecule has 0 aliphatic heterocycles. The minimum Gasteiger partial charge on any atom is -0.493 e. The Hall–Kier alpha value is -2.20. The number of amides is 1. The summed E-state index contributed by atoms with van der Waals surface area (Å²) < 4.78 is 11.1. The van der Waals surface area contributed by atoms with Crippen LogP contribution in [0, 0.1) is 0 Å². The SMILES string of the molecule is CCCCOc1ccc(CNC(=O)Cc2ccccc2Cl)cc1OC. The minimum absolute atomic E-state index is 0.0738. The Kier molecular flexibility index (Phi) is 7.61. The molecular weight excluding hydrogens is 338 g/mol. The van der Waals surface area contributed by atoms with Gasteiger partial charge in [0.15, 0.2) is 11.5 Å².